The minimum Gasteiger partial charge on any atom is -0.478 e. The maximum Gasteiger partial charge on any atom is 0.266 e. The normalized spacial score (nSPS) is 12.6. The Hall–Kier alpha value is -2.43. The minimum atomic E-state index is -1.17. The molecule has 0 heterocycles. The topological polar surface area (TPSA) is 29.5 Å². The van der Waals surface area contributed by atoms with Crippen molar-refractivity contribution in [1.29, 1.82) is 0 Å². The van der Waals surface area contributed by atoms with Crippen LogP contribution in [0.25, 0.3) is 0 Å². The zero-order valence-electron chi connectivity index (χ0n) is 14.2. The molecule has 1 atom stereocenters. The van der Waals surface area contributed by atoms with Crippen molar-refractivity contribution in [2.24, 2.45) is 0 Å². The highest BCUT2D eigenvalue weighted by molar-refractivity contribution is 5.85. The number of likely N-dealkylation sites (N-methyl/N-ethyl adjacent to an activating group) is 1. The standard InChI is InChI=1S/C19H21F2NO2/c1-13(16-7-5-6-8-17(16)21)22(4)18(23)19(2,3)24-15-11-9-14(20)10-12-15/h5-13H,1-4H3. The molecule has 24 heavy (non-hydrogen) atoms. The molecule has 0 aromatic heterocycles. The van der Waals surface area contributed by atoms with E-state index >= 15 is 0 Å². The van der Waals surface area contributed by atoms with E-state index in [0.717, 1.165) is 0 Å². The van der Waals surface area contributed by atoms with E-state index < -0.39 is 11.6 Å². The van der Waals surface area contributed by atoms with Crippen LogP contribution in [0.15, 0.2) is 48.5 Å². The number of rotatable bonds is 5. The van der Waals surface area contributed by atoms with Crippen LogP contribution in [0.3, 0.4) is 0 Å². The van der Waals surface area contributed by atoms with Gasteiger partial charge in [0.05, 0.1) is 6.04 Å². The summed E-state index contributed by atoms with van der Waals surface area (Å²) >= 11 is 0. The van der Waals surface area contributed by atoms with Gasteiger partial charge in [0.15, 0.2) is 5.60 Å². The molecule has 128 valence electrons. The molecule has 5 heteroatoms. The van der Waals surface area contributed by atoms with Gasteiger partial charge in [0.1, 0.15) is 17.4 Å². The minimum absolute atomic E-state index is 0.303. The number of carbonyl (C=O) groups excluding carboxylic acids is 1. The lowest BCUT2D eigenvalue weighted by Crippen LogP contribution is -2.48. The second-order valence-corrected chi connectivity index (χ2v) is 6.18. The molecule has 0 saturated carbocycles. The van der Waals surface area contributed by atoms with Gasteiger partial charge in [-0.3, -0.25) is 4.79 Å². The molecule has 1 amide bonds. The molecule has 2 aromatic carbocycles. The summed E-state index contributed by atoms with van der Waals surface area (Å²) in [4.78, 5) is 14.2. The zero-order chi connectivity index (χ0) is 17.9. The second-order valence-electron chi connectivity index (χ2n) is 6.18. The first kappa shape index (κ1) is 17.9. The molecule has 0 aliphatic carbocycles. The van der Waals surface area contributed by atoms with Crippen LogP contribution < -0.4 is 4.74 Å². The molecule has 2 rings (SSSR count). The Morgan fingerprint density at radius 2 is 1.67 bits per heavy atom. The van der Waals surface area contributed by atoms with Crippen molar-refractivity contribution in [3.63, 3.8) is 0 Å². The molecule has 0 bridgehead atoms. The number of halogens is 2. The summed E-state index contributed by atoms with van der Waals surface area (Å²) in [5, 5.41) is 0. The summed E-state index contributed by atoms with van der Waals surface area (Å²) in [6, 6.07) is 11.4. The summed E-state index contributed by atoms with van der Waals surface area (Å²) in [6.07, 6.45) is 0. The van der Waals surface area contributed by atoms with Crippen LogP contribution in [0.5, 0.6) is 5.75 Å². The van der Waals surface area contributed by atoms with E-state index in [1.165, 1.54) is 35.2 Å². The van der Waals surface area contributed by atoms with Crippen LogP contribution in [0.4, 0.5) is 8.78 Å². The molecule has 2 aromatic rings. The molecule has 0 N–H and O–H groups in total. The molecule has 0 aliphatic heterocycles. The van der Waals surface area contributed by atoms with E-state index in [1.807, 2.05) is 0 Å². The summed E-state index contributed by atoms with van der Waals surface area (Å²) < 4.78 is 32.6. The number of nitrogens with zero attached hydrogens (tertiary/aromatic N) is 1. The number of ether oxygens (including phenoxy) is 1. The third-order valence-corrected chi connectivity index (χ3v) is 3.96. The van der Waals surface area contributed by atoms with Crippen molar-refractivity contribution in [2.45, 2.75) is 32.4 Å². The van der Waals surface area contributed by atoms with Crippen molar-refractivity contribution in [1.82, 2.24) is 4.90 Å². The second kappa shape index (κ2) is 6.99. The van der Waals surface area contributed by atoms with Gasteiger partial charge in [-0.25, -0.2) is 8.78 Å². The number of amides is 1. The molecule has 0 radical (unpaired) electrons. The van der Waals surface area contributed by atoms with Gasteiger partial charge in [-0.2, -0.15) is 0 Å². The first-order valence-electron chi connectivity index (χ1n) is 7.68. The molecular formula is C19H21F2NO2. The fraction of sp³-hybridized carbons (Fsp3) is 0.316. The average Bonchev–Trinajstić information content (AvgIpc) is 2.55. The zero-order valence-corrected chi connectivity index (χ0v) is 14.2. The van der Waals surface area contributed by atoms with Gasteiger partial charge >= 0.3 is 0 Å². The summed E-state index contributed by atoms with van der Waals surface area (Å²) in [7, 11) is 1.61. The van der Waals surface area contributed by atoms with E-state index in [4.69, 9.17) is 4.74 Å². The lowest BCUT2D eigenvalue weighted by atomic mass is 10.0. The fourth-order valence-electron chi connectivity index (χ4n) is 2.46. The molecule has 3 nitrogen and oxygen atoms in total. The third kappa shape index (κ3) is 3.91. The summed E-state index contributed by atoms with van der Waals surface area (Å²) in [5.74, 6) is -0.650. The van der Waals surface area contributed by atoms with E-state index in [-0.39, 0.29) is 17.5 Å². The Morgan fingerprint density at radius 1 is 1.08 bits per heavy atom. The van der Waals surface area contributed by atoms with Crippen molar-refractivity contribution >= 4 is 5.91 Å². The highest BCUT2D eigenvalue weighted by atomic mass is 19.1. The van der Waals surface area contributed by atoms with E-state index in [0.29, 0.717) is 11.3 Å². The summed E-state index contributed by atoms with van der Waals surface area (Å²) in [6.45, 7) is 5.01. The quantitative estimate of drug-likeness (QED) is 0.814. The Labute approximate surface area is 140 Å². The van der Waals surface area contributed by atoms with Crippen LogP contribution in [0, 0.1) is 11.6 Å². The number of carbonyl (C=O) groups is 1. The Morgan fingerprint density at radius 3 is 2.25 bits per heavy atom. The Bertz CT molecular complexity index is 714. The fourth-order valence-corrected chi connectivity index (χ4v) is 2.46. The van der Waals surface area contributed by atoms with Crippen molar-refractivity contribution in [3.8, 4) is 5.75 Å². The average molecular weight is 333 g/mol. The molecule has 0 saturated heterocycles. The van der Waals surface area contributed by atoms with Crippen LogP contribution in [0.1, 0.15) is 32.4 Å². The highest BCUT2D eigenvalue weighted by Crippen LogP contribution is 2.26. The molecule has 0 aliphatic rings. The van der Waals surface area contributed by atoms with Gasteiger partial charge in [0.2, 0.25) is 0 Å². The highest BCUT2D eigenvalue weighted by Gasteiger charge is 2.35. The van der Waals surface area contributed by atoms with Crippen molar-refractivity contribution in [2.75, 3.05) is 7.05 Å². The van der Waals surface area contributed by atoms with Gasteiger partial charge in [0, 0.05) is 12.6 Å². The van der Waals surface area contributed by atoms with E-state index in [9.17, 15) is 13.6 Å². The number of hydrogen-bond acceptors (Lipinski definition) is 2. The molecule has 0 fully saturated rings. The lowest BCUT2D eigenvalue weighted by molar-refractivity contribution is -0.146. The van der Waals surface area contributed by atoms with Gasteiger partial charge in [-0.05, 0) is 51.1 Å². The van der Waals surface area contributed by atoms with Gasteiger partial charge in [-0.15, -0.1) is 0 Å². The number of benzene rings is 2. The third-order valence-electron chi connectivity index (χ3n) is 3.96. The van der Waals surface area contributed by atoms with E-state index in [2.05, 4.69) is 0 Å². The summed E-state index contributed by atoms with van der Waals surface area (Å²) in [5.41, 5.74) is -0.738. The molecule has 0 spiro atoms. The predicted molar refractivity (Wildman–Crippen MR) is 88.7 cm³/mol. The monoisotopic (exact) mass is 333 g/mol. The first-order chi connectivity index (χ1) is 11.2. The number of hydrogen-bond donors (Lipinski definition) is 0. The maximum atomic E-state index is 13.9. The maximum absolute atomic E-state index is 13.9. The van der Waals surface area contributed by atoms with Crippen molar-refractivity contribution < 1.29 is 18.3 Å². The molecular weight excluding hydrogens is 312 g/mol. The van der Waals surface area contributed by atoms with Crippen LogP contribution >= 0.6 is 0 Å². The lowest BCUT2D eigenvalue weighted by Gasteiger charge is -2.33. The predicted octanol–water partition coefficient (Wildman–Crippen LogP) is 4.34. The van der Waals surface area contributed by atoms with E-state index in [1.54, 1.807) is 46.0 Å². The smallest absolute Gasteiger partial charge is 0.266 e. The van der Waals surface area contributed by atoms with Crippen LogP contribution in [-0.4, -0.2) is 23.5 Å². The van der Waals surface area contributed by atoms with Gasteiger partial charge in [0.25, 0.3) is 5.91 Å². The van der Waals surface area contributed by atoms with Crippen LogP contribution in [0.2, 0.25) is 0 Å². The van der Waals surface area contributed by atoms with Crippen molar-refractivity contribution in [3.05, 3.63) is 65.7 Å². The largest absolute Gasteiger partial charge is 0.478 e. The van der Waals surface area contributed by atoms with Crippen LogP contribution in [-0.2, 0) is 4.79 Å². The Balaban J connectivity index is 2.16. The Kier molecular flexibility index (Phi) is 5.22. The van der Waals surface area contributed by atoms with Gasteiger partial charge in [-0.1, -0.05) is 18.2 Å². The van der Waals surface area contributed by atoms with Gasteiger partial charge < -0.3 is 9.64 Å². The molecule has 1 unspecified atom stereocenters. The first-order valence-corrected chi connectivity index (χ1v) is 7.68. The SMILES string of the molecule is CC(c1ccccc1F)N(C)C(=O)C(C)(C)Oc1ccc(F)cc1.